The molecule has 1 aliphatic heterocycles. The van der Waals surface area contributed by atoms with Gasteiger partial charge >= 0.3 is 0 Å². The smallest absolute Gasteiger partial charge is 0.237 e. The predicted octanol–water partition coefficient (Wildman–Crippen LogP) is 4.84. The molecule has 5 rings (SSSR count). The van der Waals surface area contributed by atoms with E-state index in [-0.39, 0.29) is 17.5 Å². The number of fused-ring (bicyclic) bond motifs is 1. The van der Waals surface area contributed by atoms with Gasteiger partial charge in [-0.05, 0) is 42.7 Å². The van der Waals surface area contributed by atoms with Gasteiger partial charge in [-0.15, -0.1) is 0 Å². The summed E-state index contributed by atoms with van der Waals surface area (Å²) in [5.41, 5.74) is 2.28. The van der Waals surface area contributed by atoms with Crippen LogP contribution in [0.25, 0.3) is 22.3 Å². The van der Waals surface area contributed by atoms with Crippen molar-refractivity contribution in [1.29, 1.82) is 0 Å². The molecule has 0 amide bonds. The Morgan fingerprint density at radius 3 is 2.64 bits per heavy atom. The third kappa shape index (κ3) is 6.48. The normalized spacial score (nSPS) is 19.6. The van der Waals surface area contributed by atoms with E-state index < -0.39 is 21.5 Å². The molecule has 0 radical (unpaired) electrons. The average Bonchev–Trinajstić information content (AvgIpc) is 2.89. The van der Waals surface area contributed by atoms with Gasteiger partial charge in [0.2, 0.25) is 16.0 Å². The molecule has 0 bridgehead atoms. The number of hydrogen-bond acceptors (Lipinski definition) is 7. The lowest BCUT2D eigenvalue weighted by atomic mass is 9.95. The molecule has 3 N–H and O–H groups in total. The Kier molecular flexibility index (Phi) is 7.46. The number of alkyl halides is 1. The zero-order valence-electron chi connectivity index (χ0n) is 21.7. The van der Waals surface area contributed by atoms with Crippen LogP contribution in [0.3, 0.4) is 0 Å². The van der Waals surface area contributed by atoms with Crippen molar-refractivity contribution < 1.29 is 17.2 Å². The summed E-state index contributed by atoms with van der Waals surface area (Å²) in [7, 11) is -3.80. The molecular weight excluding hydrogens is 522 g/mol. The van der Waals surface area contributed by atoms with E-state index in [1.54, 1.807) is 49.5 Å². The first-order chi connectivity index (χ1) is 18.6. The Morgan fingerprint density at radius 2 is 1.92 bits per heavy atom. The average molecular weight is 553 g/mol. The molecule has 11 heteroatoms. The Morgan fingerprint density at radius 1 is 1.13 bits per heavy atom. The molecule has 8 nitrogen and oxygen atoms in total. The Bertz CT molecular complexity index is 1600. The number of aromatic nitrogens is 3. The number of sulfonamides is 1. The molecule has 204 valence electrons. The van der Waals surface area contributed by atoms with Crippen molar-refractivity contribution in [3.05, 3.63) is 77.7 Å². The van der Waals surface area contributed by atoms with Crippen LogP contribution in [0.1, 0.15) is 31.4 Å². The Balaban J connectivity index is 1.37. The molecule has 2 atom stereocenters. The topological polar surface area (TPSA) is 109 Å². The lowest BCUT2D eigenvalue weighted by Crippen LogP contribution is -2.50. The van der Waals surface area contributed by atoms with Gasteiger partial charge in [0, 0.05) is 31.1 Å². The number of rotatable bonds is 8. The molecule has 1 saturated heterocycles. The minimum Gasteiger partial charge on any atom is -0.350 e. The molecule has 2 aromatic heterocycles. The molecule has 3 heterocycles. The van der Waals surface area contributed by atoms with Crippen molar-refractivity contribution in [2.45, 2.75) is 44.2 Å². The molecule has 39 heavy (non-hydrogen) atoms. The second-order valence-electron chi connectivity index (χ2n) is 10.1. The van der Waals surface area contributed by atoms with Gasteiger partial charge in [-0.2, -0.15) is 0 Å². The highest BCUT2D eigenvalue weighted by Crippen LogP contribution is 2.28. The summed E-state index contributed by atoms with van der Waals surface area (Å²) in [5.74, 6) is -0.572. The van der Waals surface area contributed by atoms with Crippen molar-refractivity contribution in [1.82, 2.24) is 20.3 Å². The monoisotopic (exact) mass is 552 g/mol. The third-order valence-corrected chi connectivity index (χ3v) is 7.87. The number of pyridine rings is 1. The zero-order valence-corrected chi connectivity index (χ0v) is 22.5. The highest BCUT2D eigenvalue weighted by Gasteiger charge is 2.32. The minimum atomic E-state index is -3.80. The molecule has 0 aliphatic carbocycles. The van der Waals surface area contributed by atoms with E-state index in [9.17, 15) is 12.8 Å². The van der Waals surface area contributed by atoms with Gasteiger partial charge in [0.15, 0.2) is 0 Å². The second kappa shape index (κ2) is 10.8. The quantitative estimate of drug-likeness (QED) is 0.287. The number of halogens is 2. The molecule has 2 aromatic carbocycles. The summed E-state index contributed by atoms with van der Waals surface area (Å²) >= 11 is 0. The summed E-state index contributed by atoms with van der Waals surface area (Å²) in [6.07, 6.45) is 2.60. The van der Waals surface area contributed by atoms with Crippen molar-refractivity contribution in [3.8, 4) is 11.3 Å². The van der Waals surface area contributed by atoms with Crippen molar-refractivity contribution in [2.75, 3.05) is 23.1 Å². The molecule has 1 fully saturated rings. The van der Waals surface area contributed by atoms with Crippen LogP contribution in [0.4, 0.5) is 20.4 Å². The van der Waals surface area contributed by atoms with E-state index in [0.717, 1.165) is 5.56 Å². The van der Waals surface area contributed by atoms with Crippen molar-refractivity contribution in [2.24, 2.45) is 0 Å². The SMILES string of the molecule is CCc1cc(-c2ccc(NS(=O)(=O)Cc3ccccc3)c(F)c2)nc2cnc(N[C@@H]3CNC[C@@](C)(F)C3)nc12. The van der Waals surface area contributed by atoms with E-state index in [1.807, 2.05) is 13.0 Å². The van der Waals surface area contributed by atoms with Crippen LogP contribution in [0.2, 0.25) is 0 Å². The van der Waals surface area contributed by atoms with Crippen molar-refractivity contribution in [3.63, 3.8) is 0 Å². The van der Waals surface area contributed by atoms with Gasteiger partial charge in [0.05, 0.1) is 28.8 Å². The Labute approximate surface area is 226 Å². The first-order valence-corrected chi connectivity index (χ1v) is 14.4. The predicted molar refractivity (Wildman–Crippen MR) is 149 cm³/mol. The first-order valence-electron chi connectivity index (χ1n) is 12.8. The second-order valence-corrected chi connectivity index (χ2v) is 11.8. The highest BCUT2D eigenvalue weighted by atomic mass is 32.2. The van der Waals surface area contributed by atoms with E-state index in [1.165, 1.54) is 12.1 Å². The molecule has 0 spiro atoms. The maximum atomic E-state index is 15.0. The first kappa shape index (κ1) is 26.9. The van der Waals surface area contributed by atoms with Gasteiger partial charge in [0.1, 0.15) is 17.0 Å². The van der Waals surface area contributed by atoms with Gasteiger partial charge in [-0.3, -0.25) is 4.72 Å². The molecule has 0 saturated carbocycles. The van der Waals surface area contributed by atoms with E-state index in [0.29, 0.717) is 59.7 Å². The lowest BCUT2D eigenvalue weighted by Gasteiger charge is -2.33. The number of benzene rings is 2. The minimum absolute atomic E-state index is 0.133. The summed E-state index contributed by atoms with van der Waals surface area (Å²) in [6, 6.07) is 14.7. The van der Waals surface area contributed by atoms with Gasteiger partial charge in [-0.25, -0.2) is 32.2 Å². The molecule has 4 aromatic rings. The van der Waals surface area contributed by atoms with Crippen molar-refractivity contribution >= 4 is 32.7 Å². The Hall–Kier alpha value is -3.70. The van der Waals surface area contributed by atoms with Crippen LogP contribution in [-0.4, -0.2) is 48.2 Å². The number of nitrogens with zero attached hydrogens (tertiary/aromatic N) is 3. The maximum Gasteiger partial charge on any atom is 0.237 e. The number of piperidine rings is 1. The fraction of sp³-hybridized carbons (Fsp3) is 0.321. The van der Waals surface area contributed by atoms with Crippen LogP contribution in [0, 0.1) is 5.82 Å². The van der Waals surface area contributed by atoms with Crippen LogP contribution < -0.4 is 15.4 Å². The number of aryl methyl sites for hydroxylation is 1. The fourth-order valence-electron chi connectivity index (χ4n) is 4.78. The van der Waals surface area contributed by atoms with Crippen LogP contribution >= 0.6 is 0 Å². The number of anilines is 2. The van der Waals surface area contributed by atoms with Crippen LogP contribution in [0.5, 0.6) is 0 Å². The standard InChI is InChI=1S/C28H30F2N6O2S/c1-3-19-12-24(34-25-15-32-27(35-26(19)25)33-21-13-28(2,30)17-31-14-21)20-9-10-23(22(29)11-20)36-39(37,38)16-18-7-5-4-6-8-18/h4-12,15,21,31,36H,3,13-14,16-17H2,1-2H3,(H,32,33,35)/t21-,28-/m0/s1. The molecular formula is C28H30F2N6O2S. The summed E-state index contributed by atoms with van der Waals surface area (Å²) in [5, 5.41) is 6.30. The molecule has 0 unspecified atom stereocenters. The fourth-order valence-corrected chi connectivity index (χ4v) is 5.98. The lowest BCUT2D eigenvalue weighted by molar-refractivity contribution is 0.137. The van der Waals surface area contributed by atoms with Crippen LogP contribution in [0.15, 0.2) is 60.8 Å². The van der Waals surface area contributed by atoms with Gasteiger partial charge in [-0.1, -0.05) is 43.3 Å². The summed E-state index contributed by atoms with van der Waals surface area (Å²) in [6.45, 7) is 4.49. The summed E-state index contributed by atoms with van der Waals surface area (Å²) < 4.78 is 56.9. The van der Waals surface area contributed by atoms with E-state index in [2.05, 4.69) is 30.3 Å². The number of nitrogens with one attached hydrogen (secondary N) is 3. The van der Waals surface area contributed by atoms with Crippen LogP contribution in [-0.2, 0) is 22.2 Å². The van der Waals surface area contributed by atoms with Gasteiger partial charge in [0.25, 0.3) is 0 Å². The maximum absolute atomic E-state index is 15.0. The third-order valence-electron chi connectivity index (χ3n) is 6.63. The van der Waals surface area contributed by atoms with E-state index in [4.69, 9.17) is 0 Å². The summed E-state index contributed by atoms with van der Waals surface area (Å²) in [4.78, 5) is 13.7. The van der Waals surface area contributed by atoms with E-state index >= 15 is 4.39 Å². The highest BCUT2D eigenvalue weighted by molar-refractivity contribution is 7.91. The molecule has 1 aliphatic rings. The zero-order chi connectivity index (χ0) is 27.6. The van der Waals surface area contributed by atoms with Gasteiger partial charge < -0.3 is 10.6 Å². The largest absolute Gasteiger partial charge is 0.350 e. The number of hydrogen-bond donors (Lipinski definition) is 3.